The SMILES string of the molecule is Cl.NC1CCCC(C(=O)Nc2ccccc2O)C1. The van der Waals surface area contributed by atoms with Gasteiger partial charge in [-0.05, 0) is 31.4 Å². The van der Waals surface area contributed by atoms with Crippen molar-refractivity contribution in [1.29, 1.82) is 0 Å². The Morgan fingerprint density at radius 1 is 1.33 bits per heavy atom. The van der Waals surface area contributed by atoms with Gasteiger partial charge in [0.1, 0.15) is 5.75 Å². The highest BCUT2D eigenvalue weighted by molar-refractivity contribution is 5.93. The summed E-state index contributed by atoms with van der Waals surface area (Å²) in [6.07, 6.45) is 3.62. The average Bonchev–Trinajstić information content (AvgIpc) is 2.32. The predicted octanol–water partition coefficient (Wildman–Crippen LogP) is 2.27. The maximum absolute atomic E-state index is 12.0. The summed E-state index contributed by atoms with van der Waals surface area (Å²) >= 11 is 0. The summed E-state index contributed by atoms with van der Waals surface area (Å²) in [5.74, 6) is 0.0287. The first-order valence-corrected chi connectivity index (χ1v) is 6.01. The third kappa shape index (κ3) is 3.62. The number of rotatable bonds is 2. The van der Waals surface area contributed by atoms with Crippen LogP contribution in [0, 0.1) is 5.92 Å². The monoisotopic (exact) mass is 270 g/mol. The summed E-state index contributed by atoms with van der Waals surface area (Å²) in [5.41, 5.74) is 6.33. The molecule has 4 N–H and O–H groups in total. The van der Waals surface area contributed by atoms with Crippen LogP contribution in [0.25, 0.3) is 0 Å². The fraction of sp³-hybridized carbons (Fsp3) is 0.462. The van der Waals surface area contributed by atoms with Crippen molar-refractivity contribution in [1.82, 2.24) is 0 Å². The fourth-order valence-corrected chi connectivity index (χ4v) is 2.28. The maximum atomic E-state index is 12.0. The van der Waals surface area contributed by atoms with Crippen molar-refractivity contribution >= 4 is 24.0 Å². The number of halogens is 1. The third-order valence-corrected chi connectivity index (χ3v) is 3.25. The van der Waals surface area contributed by atoms with Crippen molar-refractivity contribution in [3.05, 3.63) is 24.3 Å². The molecule has 0 bridgehead atoms. The molecule has 0 spiro atoms. The zero-order chi connectivity index (χ0) is 12.3. The van der Waals surface area contributed by atoms with Crippen LogP contribution in [-0.4, -0.2) is 17.1 Å². The van der Waals surface area contributed by atoms with Crippen molar-refractivity contribution in [3.63, 3.8) is 0 Å². The second-order valence-electron chi connectivity index (χ2n) is 4.63. The molecule has 5 heteroatoms. The van der Waals surface area contributed by atoms with Gasteiger partial charge in [0.05, 0.1) is 5.69 Å². The highest BCUT2D eigenvalue weighted by Crippen LogP contribution is 2.27. The quantitative estimate of drug-likeness (QED) is 0.722. The van der Waals surface area contributed by atoms with Gasteiger partial charge in [-0.15, -0.1) is 12.4 Å². The highest BCUT2D eigenvalue weighted by Gasteiger charge is 2.25. The lowest BCUT2D eigenvalue weighted by Crippen LogP contribution is -2.34. The van der Waals surface area contributed by atoms with Gasteiger partial charge in [-0.2, -0.15) is 0 Å². The van der Waals surface area contributed by atoms with Gasteiger partial charge in [-0.25, -0.2) is 0 Å². The van der Waals surface area contributed by atoms with Crippen LogP contribution < -0.4 is 11.1 Å². The molecule has 2 rings (SSSR count). The molecule has 1 saturated carbocycles. The van der Waals surface area contributed by atoms with E-state index in [1.807, 2.05) is 0 Å². The maximum Gasteiger partial charge on any atom is 0.227 e. The number of carbonyl (C=O) groups excluding carboxylic acids is 1. The third-order valence-electron chi connectivity index (χ3n) is 3.25. The van der Waals surface area contributed by atoms with Crippen molar-refractivity contribution in [2.24, 2.45) is 11.7 Å². The first-order chi connectivity index (χ1) is 8.16. The van der Waals surface area contributed by atoms with Crippen molar-refractivity contribution < 1.29 is 9.90 Å². The van der Waals surface area contributed by atoms with Crippen LogP contribution in [0.2, 0.25) is 0 Å². The van der Waals surface area contributed by atoms with Crippen LogP contribution in [0.1, 0.15) is 25.7 Å². The summed E-state index contributed by atoms with van der Waals surface area (Å²) in [5, 5.41) is 12.3. The van der Waals surface area contributed by atoms with Crippen molar-refractivity contribution in [3.8, 4) is 5.75 Å². The van der Waals surface area contributed by atoms with Crippen LogP contribution in [0.3, 0.4) is 0 Å². The van der Waals surface area contributed by atoms with Gasteiger partial charge in [-0.3, -0.25) is 4.79 Å². The topological polar surface area (TPSA) is 75.4 Å². The largest absolute Gasteiger partial charge is 0.506 e. The summed E-state index contributed by atoms with van der Waals surface area (Å²) < 4.78 is 0. The Hall–Kier alpha value is -1.26. The Balaban J connectivity index is 0.00000162. The average molecular weight is 271 g/mol. The minimum absolute atomic E-state index is 0. The van der Waals surface area contributed by atoms with Crippen LogP contribution in [0.5, 0.6) is 5.75 Å². The smallest absolute Gasteiger partial charge is 0.227 e. The van der Waals surface area contributed by atoms with Gasteiger partial charge in [-0.1, -0.05) is 18.6 Å². The molecule has 1 fully saturated rings. The second kappa shape index (κ2) is 6.61. The Bertz CT molecular complexity index is 412. The molecule has 1 amide bonds. The zero-order valence-corrected chi connectivity index (χ0v) is 11.0. The molecule has 100 valence electrons. The molecule has 1 aromatic carbocycles. The molecule has 1 aliphatic carbocycles. The first-order valence-electron chi connectivity index (χ1n) is 6.01. The van der Waals surface area contributed by atoms with E-state index >= 15 is 0 Å². The van der Waals surface area contributed by atoms with E-state index in [2.05, 4.69) is 5.32 Å². The molecule has 0 aromatic heterocycles. The Morgan fingerprint density at radius 3 is 2.72 bits per heavy atom. The van der Waals surface area contributed by atoms with Gasteiger partial charge in [0.15, 0.2) is 0 Å². The minimum Gasteiger partial charge on any atom is -0.506 e. The molecule has 0 radical (unpaired) electrons. The molecular weight excluding hydrogens is 252 g/mol. The van der Waals surface area contributed by atoms with E-state index in [9.17, 15) is 9.90 Å². The molecule has 0 heterocycles. The van der Waals surface area contributed by atoms with Crippen molar-refractivity contribution in [2.45, 2.75) is 31.7 Å². The van der Waals surface area contributed by atoms with E-state index in [1.165, 1.54) is 0 Å². The lowest BCUT2D eigenvalue weighted by atomic mass is 9.85. The molecule has 1 aliphatic rings. The van der Waals surface area contributed by atoms with Crippen molar-refractivity contribution in [2.75, 3.05) is 5.32 Å². The number of hydrogen-bond acceptors (Lipinski definition) is 3. The minimum atomic E-state index is -0.0401. The van der Waals surface area contributed by atoms with Gasteiger partial charge in [0.2, 0.25) is 5.91 Å². The van der Waals surface area contributed by atoms with Gasteiger partial charge >= 0.3 is 0 Å². The highest BCUT2D eigenvalue weighted by atomic mass is 35.5. The number of phenols is 1. The number of nitrogens with one attached hydrogen (secondary N) is 1. The predicted molar refractivity (Wildman–Crippen MR) is 73.9 cm³/mol. The van der Waals surface area contributed by atoms with Gasteiger partial charge in [0, 0.05) is 12.0 Å². The van der Waals surface area contributed by atoms with E-state index in [0.717, 1.165) is 25.7 Å². The molecule has 2 atom stereocenters. The molecule has 0 saturated heterocycles. The summed E-state index contributed by atoms with van der Waals surface area (Å²) in [7, 11) is 0. The van der Waals surface area contributed by atoms with Gasteiger partial charge in [0.25, 0.3) is 0 Å². The zero-order valence-electron chi connectivity index (χ0n) is 10.1. The van der Waals surface area contributed by atoms with Crippen LogP contribution >= 0.6 is 12.4 Å². The Labute approximate surface area is 113 Å². The summed E-state index contributed by atoms with van der Waals surface area (Å²) in [4.78, 5) is 12.0. The lowest BCUT2D eigenvalue weighted by Gasteiger charge is -2.25. The lowest BCUT2D eigenvalue weighted by molar-refractivity contribution is -0.120. The molecule has 0 aliphatic heterocycles. The number of carbonyl (C=O) groups is 1. The number of aromatic hydroxyl groups is 1. The fourth-order valence-electron chi connectivity index (χ4n) is 2.28. The number of benzene rings is 1. The molecule has 18 heavy (non-hydrogen) atoms. The van der Waals surface area contributed by atoms with Crippen LogP contribution in [0.4, 0.5) is 5.69 Å². The van der Waals surface area contributed by atoms with Crippen LogP contribution in [0.15, 0.2) is 24.3 Å². The van der Waals surface area contributed by atoms with Gasteiger partial charge < -0.3 is 16.2 Å². The summed E-state index contributed by atoms with van der Waals surface area (Å²) in [6.45, 7) is 0. The van der Waals surface area contributed by atoms with E-state index < -0.39 is 0 Å². The van der Waals surface area contributed by atoms with Crippen LogP contribution in [-0.2, 0) is 4.79 Å². The second-order valence-corrected chi connectivity index (χ2v) is 4.63. The Kier molecular flexibility index (Phi) is 5.44. The Morgan fingerprint density at radius 2 is 2.06 bits per heavy atom. The van der Waals surface area contributed by atoms with E-state index in [4.69, 9.17) is 5.73 Å². The molecule has 4 nitrogen and oxygen atoms in total. The normalized spacial score (nSPS) is 22.9. The number of phenolic OH excluding ortho intramolecular Hbond substituents is 1. The van der Waals surface area contributed by atoms with E-state index in [-0.39, 0.29) is 36.0 Å². The van der Waals surface area contributed by atoms with E-state index in [1.54, 1.807) is 24.3 Å². The number of hydrogen-bond donors (Lipinski definition) is 3. The number of amides is 1. The van der Waals surface area contributed by atoms with E-state index in [0.29, 0.717) is 5.69 Å². The number of para-hydroxylation sites is 2. The number of nitrogens with two attached hydrogens (primary N) is 1. The number of anilines is 1. The summed E-state index contributed by atoms with van der Waals surface area (Å²) in [6, 6.07) is 6.88. The molecule has 1 aromatic rings. The molecule has 2 unspecified atom stereocenters. The molecular formula is C13H19ClN2O2. The standard InChI is InChI=1S/C13H18N2O2.ClH/c14-10-5-3-4-9(8-10)13(17)15-11-6-1-2-7-12(11)16;/h1-2,6-7,9-10,16H,3-5,8,14H2,(H,15,17);1H. The first kappa shape index (κ1) is 14.8.